The molecule has 0 bridgehead atoms. The molecule has 3 aliphatic heterocycles. The van der Waals surface area contributed by atoms with E-state index >= 15 is 0 Å². The maximum atomic E-state index is 12.8. The molecule has 3 fully saturated rings. The van der Waals surface area contributed by atoms with Gasteiger partial charge in [-0.2, -0.15) is 0 Å². The first-order chi connectivity index (χ1) is 11.3. The molecule has 0 aliphatic carbocycles. The van der Waals surface area contributed by atoms with Crippen LogP contribution < -0.4 is 10.2 Å². The molecule has 2 atom stereocenters. The Hall–Kier alpha value is -1.04. The summed E-state index contributed by atoms with van der Waals surface area (Å²) in [4.78, 5) is 21.6. The number of hydrogen-bond acceptors (Lipinski definition) is 4. The molecule has 1 aromatic heterocycles. The molecule has 7 heteroatoms. The van der Waals surface area contributed by atoms with Crippen LogP contribution in [-0.2, 0) is 0 Å². The van der Waals surface area contributed by atoms with E-state index in [1.54, 1.807) is 6.20 Å². The van der Waals surface area contributed by atoms with Crippen molar-refractivity contribution in [2.24, 2.45) is 11.8 Å². The fraction of sp³-hybridized carbons (Fsp3) is 0.667. The summed E-state index contributed by atoms with van der Waals surface area (Å²) >= 11 is 0. The number of halogens is 2. The van der Waals surface area contributed by atoms with Gasteiger partial charge in [0, 0.05) is 32.4 Å². The number of fused-ring (bicyclic) bond motifs is 1. The van der Waals surface area contributed by atoms with Crippen molar-refractivity contribution in [1.29, 1.82) is 0 Å². The van der Waals surface area contributed by atoms with Crippen LogP contribution in [0, 0.1) is 11.8 Å². The maximum Gasteiger partial charge on any atom is 0.255 e. The first kappa shape index (κ1) is 20.3. The largest absolute Gasteiger partial charge is 0.357 e. The molecule has 5 nitrogen and oxygen atoms in total. The number of rotatable bonds is 2. The third kappa shape index (κ3) is 4.39. The first-order valence-corrected chi connectivity index (χ1v) is 9.02. The molecule has 3 aliphatic rings. The molecule has 3 saturated heterocycles. The maximum absolute atomic E-state index is 12.8. The van der Waals surface area contributed by atoms with E-state index in [9.17, 15) is 4.79 Å². The highest BCUT2D eigenvalue weighted by atomic mass is 35.5. The van der Waals surface area contributed by atoms with Crippen molar-refractivity contribution in [1.82, 2.24) is 15.2 Å². The van der Waals surface area contributed by atoms with Crippen LogP contribution in [0.4, 0.5) is 5.82 Å². The summed E-state index contributed by atoms with van der Waals surface area (Å²) in [6.07, 6.45) is 6.51. The van der Waals surface area contributed by atoms with E-state index in [-0.39, 0.29) is 30.7 Å². The van der Waals surface area contributed by atoms with E-state index < -0.39 is 0 Å². The Morgan fingerprint density at radius 1 is 1.00 bits per heavy atom. The lowest BCUT2D eigenvalue weighted by Gasteiger charge is -2.21. The van der Waals surface area contributed by atoms with Crippen LogP contribution in [0.15, 0.2) is 18.3 Å². The average Bonchev–Trinajstić information content (AvgIpc) is 3.24. The summed E-state index contributed by atoms with van der Waals surface area (Å²) in [5.41, 5.74) is 0.734. The van der Waals surface area contributed by atoms with Crippen LogP contribution in [-0.4, -0.2) is 55.1 Å². The number of anilines is 1. The van der Waals surface area contributed by atoms with Crippen molar-refractivity contribution >= 4 is 36.5 Å². The van der Waals surface area contributed by atoms with Gasteiger partial charge in [-0.05, 0) is 62.7 Å². The lowest BCUT2D eigenvalue weighted by molar-refractivity contribution is 0.0758. The van der Waals surface area contributed by atoms with E-state index in [0.717, 1.165) is 75.3 Å². The second-order valence-corrected chi connectivity index (χ2v) is 7.15. The Kier molecular flexibility index (Phi) is 7.35. The summed E-state index contributed by atoms with van der Waals surface area (Å²) in [5, 5.41) is 3.48. The van der Waals surface area contributed by atoms with E-state index in [2.05, 4.69) is 15.2 Å². The number of amides is 1. The smallest absolute Gasteiger partial charge is 0.255 e. The summed E-state index contributed by atoms with van der Waals surface area (Å²) in [6.45, 7) is 6.19. The van der Waals surface area contributed by atoms with Crippen LogP contribution >= 0.6 is 24.8 Å². The molecular formula is C18H28Cl2N4O. The monoisotopic (exact) mass is 386 g/mol. The third-order valence-corrected chi connectivity index (χ3v) is 5.73. The van der Waals surface area contributed by atoms with Gasteiger partial charge in [0.05, 0.1) is 5.56 Å². The fourth-order valence-corrected chi connectivity index (χ4v) is 4.25. The highest BCUT2D eigenvalue weighted by molar-refractivity contribution is 5.94. The molecule has 140 valence electrons. The highest BCUT2D eigenvalue weighted by Gasteiger charge is 2.31. The molecule has 25 heavy (non-hydrogen) atoms. The normalized spacial score (nSPS) is 25.6. The van der Waals surface area contributed by atoms with Crippen LogP contribution in [0.5, 0.6) is 0 Å². The molecule has 4 heterocycles. The summed E-state index contributed by atoms with van der Waals surface area (Å²) in [5.74, 6) is 2.67. The Balaban J connectivity index is 0.00000113. The van der Waals surface area contributed by atoms with Gasteiger partial charge >= 0.3 is 0 Å². The van der Waals surface area contributed by atoms with Crippen molar-refractivity contribution in [3.63, 3.8) is 0 Å². The van der Waals surface area contributed by atoms with Crippen LogP contribution in [0.25, 0.3) is 0 Å². The van der Waals surface area contributed by atoms with Gasteiger partial charge in [0.2, 0.25) is 0 Å². The van der Waals surface area contributed by atoms with Gasteiger partial charge in [0.15, 0.2) is 0 Å². The first-order valence-electron chi connectivity index (χ1n) is 9.02. The van der Waals surface area contributed by atoms with Crippen molar-refractivity contribution in [3.8, 4) is 0 Å². The van der Waals surface area contributed by atoms with E-state index in [1.165, 1.54) is 12.8 Å². The Bertz CT molecular complexity index is 549. The zero-order valence-corrected chi connectivity index (χ0v) is 16.2. The summed E-state index contributed by atoms with van der Waals surface area (Å²) in [7, 11) is 0. The minimum absolute atomic E-state index is 0. The minimum atomic E-state index is 0. The zero-order chi connectivity index (χ0) is 15.6. The summed E-state index contributed by atoms with van der Waals surface area (Å²) in [6, 6.07) is 3.96. The molecule has 4 rings (SSSR count). The minimum Gasteiger partial charge on any atom is -0.357 e. The lowest BCUT2D eigenvalue weighted by atomic mass is 9.92. The quantitative estimate of drug-likeness (QED) is 0.848. The van der Waals surface area contributed by atoms with E-state index in [4.69, 9.17) is 0 Å². The van der Waals surface area contributed by atoms with Crippen molar-refractivity contribution in [2.75, 3.05) is 44.2 Å². The highest BCUT2D eigenvalue weighted by Crippen LogP contribution is 2.27. The number of nitrogens with one attached hydrogen (secondary N) is 1. The zero-order valence-electron chi connectivity index (χ0n) is 14.5. The van der Waals surface area contributed by atoms with Gasteiger partial charge in [-0.1, -0.05) is 0 Å². The van der Waals surface area contributed by atoms with Crippen molar-refractivity contribution in [3.05, 3.63) is 23.9 Å². The van der Waals surface area contributed by atoms with Gasteiger partial charge in [0.25, 0.3) is 5.91 Å². The Labute approximate surface area is 162 Å². The standard InChI is InChI=1S/C18H26N4O.2ClH/c23-18(22-9-5-14-11-19-12-15(14)6-10-22)16-3-4-17(20-13-16)21-7-1-2-8-21;;/h3-4,13-15,19H,1-2,5-12H2;2*1H/t14-,15+;;. The van der Waals surface area contributed by atoms with Gasteiger partial charge in [0.1, 0.15) is 5.82 Å². The predicted molar refractivity (Wildman–Crippen MR) is 105 cm³/mol. The molecule has 1 N–H and O–H groups in total. The number of hydrogen-bond donors (Lipinski definition) is 1. The molecule has 1 amide bonds. The molecule has 0 unspecified atom stereocenters. The molecule has 0 aromatic carbocycles. The van der Waals surface area contributed by atoms with Crippen LogP contribution in [0.3, 0.4) is 0 Å². The second kappa shape index (κ2) is 9.06. The topological polar surface area (TPSA) is 48.5 Å². The van der Waals surface area contributed by atoms with Crippen LogP contribution in [0.2, 0.25) is 0 Å². The van der Waals surface area contributed by atoms with Crippen LogP contribution in [0.1, 0.15) is 36.0 Å². The van der Waals surface area contributed by atoms with Crippen molar-refractivity contribution < 1.29 is 4.79 Å². The second-order valence-electron chi connectivity index (χ2n) is 7.15. The summed E-state index contributed by atoms with van der Waals surface area (Å²) < 4.78 is 0. The van der Waals surface area contributed by atoms with E-state index in [1.807, 2.05) is 17.0 Å². The number of carbonyl (C=O) groups excluding carboxylic acids is 1. The van der Waals surface area contributed by atoms with Gasteiger partial charge in [-0.15, -0.1) is 24.8 Å². The Morgan fingerprint density at radius 3 is 2.20 bits per heavy atom. The number of carbonyl (C=O) groups is 1. The molecule has 0 spiro atoms. The predicted octanol–water partition coefficient (Wildman–Crippen LogP) is 2.60. The van der Waals surface area contributed by atoms with Gasteiger partial charge < -0.3 is 15.1 Å². The van der Waals surface area contributed by atoms with Gasteiger partial charge in [-0.25, -0.2) is 4.98 Å². The van der Waals surface area contributed by atoms with E-state index in [0.29, 0.717) is 0 Å². The number of likely N-dealkylation sites (tertiary alicyclic amines) is 1. The number of nitrogens with zero attached hydrogens (tertiary/aromatic N) is 3. The molecular weight excluding hydrogens is 359 g/mol. The number of aromatic nitrogens is 1. The SMILES string of the molecule is Cl.Cl.O=C(c1ccc(N2CCCC2)nc1)N1CC[C@@H]2CNC[C@@H]2CC1. The lowest BCUT2D eigenvalue weighted by Crippen LogP contribution is -2.33. The third-order valence-electron chi connectivity index (χ3n) is 5.73. The Morgan fingerprint density at radius 2 is 1.64 bits per heavy atom. The average molecular weight is 387 g/mol. The van der Waals surface area contributed by atoms with Crippen molar-refractivity contribution in [2.45, 2.75) is 25.7 Å². The molecule has 0 radical (unpaired) electrons. The molecule has 0 saturated carbocycles. The van der Waals surface area contributed by atoms with Gasteiger partial charge in [-0.3, -0.25) is 4.79 Å². The fourth-order valence-electron chi connectivity index (χ4n) is 4.25. The number of pyridine rings is 1. The molecule has 1 aromatic rings.